The fourth-order valence-electron chi connectivity index (χ4n) is 3.78. The van der Waals surface area contributed by atoms with Gasteiger partial charge in [-0.05, 0) is 36.2 Å². The SMILES string of the molecule is COc1cc(Cl)c(C)cc1NC(=O)[C@H](Cc1ccccc1)N1C(=O)c2ccccc2C1=O. The predicted octanol–water partition coefficient (Wildman–Crippen LogP) is 4.50. The quantitative estimate of drug-likeness (QED) is 0.563. The molecule has 32 heavy (non-hydrogen) atoms. The van der Waals surface area contributed by atoms with Crippen molar-refractivity contribution in [1.29, 1.82) is 0 Å². The van der Waals surface area contributed by atoms with Gasteiger partial charge in [-0.2, -0.15) is 0 Å². The predicted molar refractivity (Wildman–Crippen MR) is 122 cm³/mol. The summed E-state index contributed by atoms with van der Waals surface area (Å²) < 4.78 is 5.35. The molecule has 7 heteroatoms. The highest BCUT2D eigenvalue weighted by atomic mass is 35.5. The first-order valence-corrected chi connectivity index (χ1v) is 10.4. The molecule has 1 heterocycles. The van der Waals surface area contributed by atoms with E-state index in [-0.39, 0.29) is 6.42 Å². The number of benzene rings is 3. The molecule has 0 aliphatic carbocycles. The molecule has 0 fully saturated rings. The van der Waals surface area contributed by atoms with Crippen molar-refractivity contribution in [2.24, 2.45) is 0 Å². The summed E-state index contributed by atoms with van der Waals surface area (Å²) in [4.78, 5) is 40.7. The van der Waals surface area contributed by atoms with E-state index in [1.165, 1.54) is 7.11 Å². The van der Waals surface area contributed by atoms with Crippen LogP contribution in [0.25, 0.3) is 0 Å². The van der Waals surface area contributed by atoms with Crippen molar-refractivity contribution in [3.63, 3.8) is 0 Å². The van der Waals surface area contributed by atoms with Crippen molar-refractivity contribution >= 4 is 35.0 Å². The number of rotatable bonds is 6. The van der Waals surface area contributed by atoms with E-state index in [1.807, 2.05) is 37.3 Å². The summed E-state index contributed by atoms with van der Waals surface area (Å²) in [6.45, 7) is 1.81. The number of methoxy groups -OCH3 is 1. The number of hydrogen-bond acceptors (Lipinski definition) is 4. The second-order valence-corrected chi connectivity index (χ2v) is 7.93. The van der Waals surface area contributed by atoms with Crippen LogP contribution in [0.4, 0.5) is 5.69 Å². The van der Waals surface area contributed by atoms with E-state index in [2.05, 4.69) is 5.32 Å². The number of nitrogens with one attached hydrogen (secondary N) is 1. The average Bonchev–Trinajstić information content (AvgIpc) is 3.05. The maximum atomic E-state index is 13.5. The summed E-state index contributed by atoms with van der Waals surface area (Å²) in [5, 5.41) is 3.33. The highest BCUT2D eigenvalue weighted by Gasteiger charge is 2.42. The van der Waals surface area contributed by atoms with E-state index in [4.69, 9.17) is 16.3 Å². The Morgan fingerprint density at radius 3 is 2.19 bits per heavy atom. The minimum atomic E-state index is -1.05. The molecule has 0 saturated heterocycles. The lowest BCUT2D eigenvalue weighted by molar-refractivity contribution is -0.119. The zero-order valence-electron chi connectivity index (χ0n) is 17.6. The molecule has 1 N–H and O–H groups in total. The van der Waals surface area contributed by atoms with Gasteiger partial charge in [-0.15, -0.1) is 0 Å². The number of hydrogen-bond donors (Lipinski definition) is 1. The fraction of sp³-hybridized carbons (Fsp3) is 0.160. The maximum absolute atomic E-state index is 13.5. The van der Waals surface area contributed by atoms with E-state index in [1.54, 1.807) is 36.4 Å². The molecule has 3 amide bonds. The number of imide groups is 1. The molecule has 1 atom stereocenters. The summed E-state index contributed by atoms with van der Waals surface area (Å²) in [6.07, 6.45) is 0.174. The summed E-state index contributed by atoms with van der Waals surface area (Å²) in [6, 6.07) is 18.1. The Kier molecular flexibility index (Phi) is 5.97. The zero-order chi connectivity index (χ0) is 22.8. The van der Waals surface area contributed by atoms with E-state index < -0.39 is 23.8 Å². The largest absolute Gasteiger partial charge is 0.495 e. The molecule has 6 nitrogen and oxygen atoms in total. The lowest BCUT2D eigenvalue weighted by atomic mass is 10.0. The number of carbonyl (C=O) groups excluding carboxylic acids is 3. The van der Waals surface area contributed by atoms with Crippen LogP contribution < -0.4 is 10.1 Å². The van der Waals surface area contributed by atoms with Crippen molar-refractivity contribution in [3.05, 3.63) is 94.0 Å². The van der Waals surface area contributed by atoms with Crippen LogP contribution in [0, 0.1) is 6.92 Å². The zero-order valence-corrected chi connectivity index (χ0v) is 18.3. The molecule has 0 bridgehead atoms. The molecule has 162 valence electrons. The van der Waals surface area contributed by atoms with Crippen LogP contribution in [0.5, 0.6) is 5.75 Å². The monoisotopic (exact) mass is 448 g/mol. The Labute approximate surface area is 190 Å². The number of amides is 3. The summed E-state index contributed by atoms with van der Waals surface area (Å²) in [7, 11) is 1.47. The highest BCUT2D eigenvalue weighted by Crippen LogP contribution is 2.32. The molecule has 1 aliphatic heterocycles. The van der Waals surface area contributed by atoms with Crippen molar-refractivity contribution in [2.45, 2.75) is 19.4 Å². The first-order chi connectivity index (χ1) is 15.4. The Bertz CT molecular complexity index is 1170. The first-order valence-electron chi connectivity index (χ1n) is 10.1. The van der Waals surface area contributed by atoms with E-state index >= 15 is 0 Å². The molecule has 4 rings (SSSR count). The number of nitrogens with zero attached hydrogens (tertiary/aromatic N) is 1. The lowest BCUT2D eigenvalue weighted by Crippen LogP contribution is -2.48. The minimum Gasteiger partial charge on any atom is -0.495 e. The van der Waals surface area contributed by atoms with Gasteiger partial charge in [0, 0.05) is 17.5 Å². The molecule has 1 aliphatic rings. The lowest BCUT2D eigenvalue weighted by Gasteiger charge is -2.26. The maximum Gasteiger partial charge on any atom is 0.262 e. The second kappa shape index (κ2) is 8.85. The highest BCUT2D eigenvalue weighted by molar-refractivity contribution is 6.31. The van der Waals surface area contributed by atoms with Gasteiger partial charge in [-0.3, -0.25) is 19.3 Å². The van der Waals surface area contributed by atoms with Gasteiger partial charge in [0.05, 0.1) is 23.9 Å². The first kappa shape index (κ1) is 21.6. The van der Waals surface area contributed by atoms with Crippen molar-refractivity contribution in [3.8, 4) is 5.75 Å². The van der Waals surface area contributed by atoms with Gasteiger partial charge < -0.3 is 10.1 Å². The van der Waals surface area contributed by atoms with Crippen LogP contribution >= 0.6 is 11.6 Å². The van der Waals surface area contributed by atoms with Crippen molar-refractivity contribution in [1.82, 2.24) is 4.90 Å². The van der Waals surface area contributed by atoms with Gasteiger partial charge >= 0.3 is 0 Å². The molecular weight excluding hydrogens is 428 g/mol. The van der Waals surface area contributed by atoms with Crippen LogP contribution in [0.1, 0.15) is 31.8 Å². The topological polar surface area (TPSA) is 75.7 Å². The third kappa shape index (κ3) is 3.97. The molecule has 0 spiro atoms. The van der Waals surface area contributed by atoms with Gasteiger partial charge in [0.15, 0.2) is 0 Å². The number of aryl methyl sites for hydroxylation is 1. The molecule has 3 aromatic carbocycles. The van der Waals surface area contributed by atoms with Crippen LogP contribution in [0.2, 0.25) is 5.02 Å². The Morgan fingerprint density at radius 2 is 1.59 bits per heavy atom. The molecule has 3 aromatic rings. The van der Waals surface area contributed by atoms with Crippen LogP contribution in [0.3, 0.4) is 0 Å². The fourth-order valence-corrected chi connectivity index (χ4v) is 3.93. The van der Waals surface area contributed by atoms with Crippen molar-refractivity contribution in [2.75, 3.05) is 12.4 Å². The van der Waals surface area contributed by atoms with Crippen LogP contribution in [-0.2, 0) is 11.2 Å². The number of fused-ring (bicyclic) bond motifs is 1. The smallest absolute Gasteiger partial charge is 0.262 e. The third-order valence-corrected chi connectivity index (χ3v) is 5.86. The van der Waals surface area contributed by atoms with Gasteiger partial charge in [-0.1, -0.05) is 54.1 Å². The van der Waals surface area contributed by atoms with Crippen LogP contribution in [-0.4, -0.2) is 35.8 Å². The molecular formula is C25H21ClN2O4. The molecule has 0 radical (unpaired) electrons. The average molecular weight is 449 g/mol. The van der Waals surface area contributed by atoms with Gasteiger partial charge in [0.1, 0.15) is 11.8 Å². The minimum absolute atomic E-state index is 0.174. The van der Waals surface area contributed by atoms with Gasteiger partial charge in [0.25, 0.3) is 11.8 Å². The number of halogens is 1. The van der Waals surface area contributed by atoms with E-state index in [0.29, 0.717) is 27.6 Å². The number of carbonyl (C=O) groups is 3. The molecule has 0 aromatic heterocycles. The summed E-state index contributed by atoms with van der Waals surface area (Å²) in [5.74, 6) is -1.08. The Hall–Kier alpha value is -3.64. The van der Waals surface area contributed by atoms with E-state index in [0.717, 1.165) is 16.0 Å². The van der Waals surface area contributed by atoms with Gasteiger partial charge in [-0.25, -0.2) is 0 Å². The van der Waals surface area contributed by atoms with Crippen molar-refractivity contribution < 1.29 is 19.1 Å². The van der Waals surface area contributed by atoms with Crippen LogP contribution in [0.15, 0.2) is 66.7 Å². The van der Waals surface area contributed by atoms with E-state index in [9.17, 15) is 14.4 Å². The normalized spacial score (nSPS) is 13.7. The Balaban J connectivity index is 1.71. The summed E-state index contributed by atoms with van der Waals surface area (Å²) >= 11 is 6.17. The number of ether oxygens (including phenoxy) is 1. The molecule has 0 unspecified atom stereocenters. The Morgan fingerprint density at radius 1 is 1.00 bits per heavy atom. The second-order valence-electron chi connectivity index (χ2n) is 7.52. The van der Waals surface area contributed by atoms with Gasteiger partial charge in [0.2, 0.25) is 5.91 Å². The molecule has 0 saturated carbocycles. The third-order valence-electron chi connectivity index (χ3n) is 5.45. The summed E-state index contributed by atoms with van der Waals surface area (Å²) in [5.41, 5.74) is 2.58. The standard InChI is InChI=1S/C25H21ClN2O4/c1-15-12-20(22(32-2)14-19(15)26)27-23(29)21(13-16-8-4-3-5-9-16)28-24(30)17-10-6-7-11-18(17)25(28)31/h3-12,14,21H,13H2,1-2H3,(H,27,29)/t21-/m0/s1. The number of anilines is 1.